The van der Waals surface area contributed by atoms with E-state index in [4.69, 9.17) is 30.6 Å². The Labute approximate surface area is 225 Å². The summed E-state index contributed by atoms with van der Waals surface area (Å²) in [7, 11) is -9.60. The molecular formula is C21H23ClFN5O9P2. The molecule has 1 aliphatic rings. The number of anilines is 1. The van der Waals surface area contributed by atoms with Gasteiger partial charge in [0.15, 0.2) is 17.3 Å². The van der Waals surface area contributed by atoms with Gasteiger partial charge in [0.05, 0.1) is 30.2 Å². The van der Waals surface area contributed by atoms with Gasteiger partial charge in [0.1, 0.15) is 41.4 Å². The zero-order chi connectivity index (χ0) is 28.7. The van der Waals surface area contributed by atoms with Crippen LogP contribution in [0.25, 0.3) is 11.0 Å². The van der Waals surface area contributed by atoms with E-state index in [2.05, 4.69) is 15.3 Å². The summed E-state index contributed by atoms with van der Waals surface area (Å²) in [4.78, 5) is 35.8. The Kier molecular flexibility index (Phi) is 8.47. The van der Waals surface area contributed by atoms with E-state index in [1.165, 1.54) is 22.9 Å². The fourth-order valence-corrected chi connectivity index (χ4v) is 6.88. The fourth-order valence-electron chi connectivity index (χ4n) is 4.09. The highest BCUT2D eigenvalue weighted by atomic mass is 35.5. The van der Waals surface area contributed by atoms with Crippen LogP contribution in [0.5, 0.6) is 0 Å². The zero-order valence-electron chi connectivity index (χ0n) is 20.0. The van der Waals surface area contributed by atoms with E-state index in [1.807, 2.05) is 6.07 Å². The van der Waals surface area contributed by atoms with E-state index in [1.54, 1.807) is 13.0 Å². The molecule has 0 aliphatic carbocycles. The molecule has 4 heterocycles. The fraction of sp³-hybridized carbons (Fsp3) is 0.381. The van der Waals surface area contributed by atoms with Gasteiger partial charge in [-0.3, -0.25) is 14.1 Å². The van der Waals surface area contributed by atoms with E-state index >= 15 is 0 Å². The number of aliphatic hydroxyl groups excluding tert-OH is 2. The first-order valence-corrected chi connectivity index (χ1v) is 15.1. The van der Waals surface area contributed by atoms with Crippen LogP contribution in [0.4, 0.5) is 10.1 Å². The second kappa shape index (κ2) is 11.2. The lowest BCUT2D eigenvalue weighted by Crippen LogP contribution is -2.33. The Morgan fingerprint density at radius 3 is 2.62 bits per heavy atom. The first kappa shape index (κ1) is 29.5. The number of aromatic nitrogens is 3. The Balaban J connectivity index is 1.62. The van der Waals surface area contributed by atoms with Gasteiger partial charge in [-0.1, -0.05) is 11.6 Å². The monoisotopic (exact) mass is 605 g/mol. The number of hydrogen-bond acceptors (Lipinski definition) is 10. The number of nitriles is 1. The number of pyridine rings is 2. The predicted octanol–water partition coefficient (Wildman–Crippen LogP) is 2.22. The second-order valence-electron chi connectivity index (χ2n) is 8.78. The van der Waals surface area contributed by atoms with Crippen molar-refractivity contribution in [3.8, 4) is 6.07 Å². The van der Waals surface area contributed by atoms with Crippen molar-refractivity contribution in [1.82, 2.24) is 14.5 Å². The molecule has 1 fully saturated rings. The van der Waals surface area contributed by atoms with E-state index in [-0.39, 0.29) is 22.1 Å². The second-order valence-corrected chi connectivity index (χ2v) is 13.1. The smallest absolute Gasteiger partial charge is 0.340 e. The number of rotatable bonds is 9. The minimum Gasteiger partial charge on any atom is -0.387 e. The van der Waals surface area contributed by atoms with Crippen molar-refractivity contribution in [2.24, 2.45) is 0 Å². The Morgan fingerprint density at radius 1 is 1.28 bits per heavy atom. The molecule has 0 saturated carbocycles. The number of aliphatic hydroxyl groups is 2. The molecule has 210 valence electrons. The van der Waals surface area contributed by atoms with Crippen LogP contribution in [0.2, 0.25) is 5.15 Å². The van der Waals surface area contributed by atoms with Crippen LogP contribution < -0.4 is 5.32 Å². The van der Waals surface area contributed by atoms with Gasteiger partial charge in [-0.15, -0.1) is 0 Å². The average molecular weight is 606 g/mol. The van der Waals surface area contributed by atoms with Gasteiger partial charge in [-0.2, -0.15) is 5.26 Å². The number of fused-ring (bicyclic) bond motifs is 1. The predicted molar refractivity (Wildman–Crippen MR) is 134 cm³/mol. The van der Waals surface area contributed by atoms with Gasteiger partial charge in [0.2, 0.25) is 0 Å². The van der Waals surface area contributed by atoms with E-state index in [0.717, 1.165) is 6.20 Å². The third kappa shape index (κ3) is 6.48. The minimum absolute atomic E-state index is 0.0128. The van der Waals surface area contributed by atoms with Crippen LogP contribution >= 0.6 is 26.8 Å². The van der Waals surface area contributed by atoms with Gasteiger partial charge in [-0.05, 0) is 25.1 Å². The average Bonchev–Trinajstić information content (AvgIpc) is 3.37. The normalized spacial score (nSPS) is 23.9. The van der Waals surface area contributed by atoms with Crippen molar-refractivity contribution in [1.29, 1.82) is 5.26 Å². The molecule has 0 radical (unpaired) electrons. The largest absolute Gasteiger partial charge is 0.387 e. The topological polar surface area (TPSA) is 220 Å². The summed E-state index contributed by atoms with van der Waals surface area (Å²) in [5, 5.41) is 34.2. The number of nitrogens with zero attached hydrogens (tertiary/aromatic N) is 4. The summed E-state index contributed by atoms with van der Waals surface area (Å²) in [6, 6.07) is 5.75. The van der Waals surface area contributed by atoms with Gasteiger partial charge < -0.3 is 44.0 Å². The molecule has 0 aromatic carbocycles. The van der Waals surface area contributed by atoms with E-state index in [0.29, 0.717) is 11.1 Å². The molecule has 1 aliphatic heterocycles. The highest BCUT2D eigenvalue weighted by Gasteiger charge is 2.45. The molecule has 39 heavy (non-hydrogen) atoms. The highest BCUT2D eigenvalue weighted by Crippen LogP contribution is 2.55. The van der Waals surface area contributed by atoms with Crippen LogP contribution in [-0.4, -0.2) is 70.3 Å². The van der Waals surface area contributed by atoms with Crippen molar-refractivity contribution >= 4 is 43.5 Å². The minimum atomic E-state index is -4.87. The van der Waals surface area contributed by atoms with Crippen LogP contribution in [0.1, 0.15) is 30.5 Å². The molecule has 0 bridgehead atoms. The van der Waals surface area contributed by atoms with Crippen LogP contribution in [-0.2, 0) is 18.4 Å². The molecule has 6 atom stereocenters. The van der Waals surface area contributed by atoms with Crippen molar-refractivity contribution in [3.05, 3.63) is 52.8 Å². The van der Waals surface area contributed by atoms with Crippen LogP contribution in [0.15, 0.2) is 30.6 Å². The summed E-state index contributed by atoms with van der Waals surface area (Å²) in [6.45, 7) is 0.971. The van der Waals surface area contributed by atoms with Crippen molar-refractivity contribution in [2.75, 3.05) is 17.8 Å². The number of ether oxygens (including phenoxy) is 1. The molecule has 18 heteroatoms. The number of nitrogens with one attached hydrogen (secondary N) is 1. The first-order chi connectivity index (χ1) is 18.2. The zero-order valence-corrected chi connectivity index (χ0v) is 22.5. The molecule has 3 aromatic rings. The SMILES string of the molecule is CC(Nc1c(C#N)c(Cl)nc2c1ccn2[C@@H]1O[C@H](COP(=O)(O)CP(=O)(O)O)[C@@H](O)[C@H]1O)c1ccc(F)cn1. The first-order valence-electron chi connectivity index (χ1n) is 11.2. The molecule has 4 rings (SSSR count). The Morgan fingerprint density at radius 2 is 2.00 bits per heavy atom. The number of hydrogen-bond donors (Lipinski definition) is 6. The Bertz CT molecular complexity index is 1510. The van der Waals surface area contributed by atoms with Crippen molar-refractivity contribution in [2.45, 2.75) is 37.5 Å². The van der Waals surface area contributed by atoms with Gasteiger partial charge >= 0.3 is 15.2 Å². The third-order valence-corrected chi connectivity index (χ3v) is 9.63. The Hall–Kier alpha value is -2.47. The summed E-state index contributed by atoms with van der Waals surface area (Å²) < 4.78 is 48.0. The highest BCUT2D eigenvalue weighted by molar-refractivity contribution is 7.70. The van der Waals surface area contributed by atoms with Crippen molar-refractivity contribution in [3.63, 3.8) is 0 Å². The summed E-state index contributed by atoms with van der Waals surface area (Å²) in [6.07, 6.45) is -3.32. The maximum atomic E-state index is 13.3. The van der Waals surface area contributed by atoms with Gasteiger partial charge in [0.25, 0.3) is 0 Å². The molecular weight excluding hydrogens is 583 g/mol. The molecule has 6 N–H and O–H groups in total. The lowest BCUT2D eigenvalue weighted by Gasteiger charge is -2.20. The summed E-state index contributed by atoms with van der Waals surface area (Å²) in [5.41, 5.74) is 0.907. The molecule has 14 nitrogen and oxygen atoms in total. The summed E-state index contributed by atoms with van der Waals surface area (Å²) in [5.74, 6) is -1.94. The van der Waals surface area contributed by atoms with Gasteiger partial charge in [-0.25, -0.2) is 9.37 Å². The van der Waals surface area contributed by atoms with Crippen molar-refractivity contribution < 1.29 is 47.7 Å². The maximum Gasteiger partial charge on any atom is 0.340 e. The molecule has 1 saturated heterocycles. The van der Waals surface area contributed by atoms with Crippen LogP contribution in [0, 0.1) is 17.1 Å². The molecule has 2 unspecified atom stereocenters. The molecule has 0 spiro atoms. The molecule has 3 aromatic heterocycles. The standard InChI is InChI=1S/C21H23ClFN5O9P2/c1-10(14-3-2-11(23)7-25-14)26-16-12-4-5-28(20(12)27-19(22)13(16)6-24)21-18(30)17(29)15(37-21)8-36-39(34,35)9-38(31,32)33/h2-5,7,10,15,17-18,21,29-30H,8-9H2,1H3,(H,26,27)(H,34,35)(H2,31,32,33)/t10?,15-,17-,18-,21-/m1/s1. The number of halogens is 2. The maximum absolute atomic E-state index is 13.3. The lowest BCUT2D eigenvalue weighted by atomic mass is 10.1. The van der Waals surface area contributed by atoms with Crippen LogP contribution in [0.3, 0.4) is 0 Å². The quantitative estimate of drug-likeness (QED) is 0.152. The molecule has 0 amide bonds. The van der Waals surface area contributed by atoms with Gasteiger partial charge in [0, 0.05) is 11.6 Å². The third-order valence-electron chi connectivity index (χ3n) is 5.90. The van der Waals surface area contributed by atoms with E-state index < -0.39 is 64.1 Å². The van der Waals surface area contributed by atoms with E-state index in [9.17, 15) is 33.9 Å². The summed E-state index contributed by atoms with van der Waals surface area (Å²) >= 11 is 6.29. The lowest BCUT2D eigenvalue weighted by molar-refractivity contribution is -0.0481.